The van der Waals surface area contributed by atoms with Crippen molar-refractivity contribution in [3.63, 3.8) is 0 Å². The second-order valence-electron chi connectivity index (χ2n) is 4.79. The van der Waals surface area contributed by atoms with Gasteiger partial charge in [-0.3, -0.25) is 9.58 Å². The van der Waals surface area contributed by atoms with Crippen LogP contribution in [0.3, 0.4) is 0 Å². The van der Waals surface area contributed by atoms with E-state index in [1.807, 2.05) is 35.1 Å². The summed E-state index contributed by atoms with van der Waals surface area (Å²) in [5.41, 5.74) is 0. The van der Waals surface area contributed by atoms with Crippen LogP contribution < -0.4 is 0 Å². The van der Waals surface area contributed by atoms with Crippen LogP contribution in [0.2, 0.25) is 5.02 Å². The Morgan fingerprint density at radius 2 is 1.76 bits per heavy atom. The van der Waals surface area contributed by atoms with Gasteiger partial charge in [0.05, 0.1) is 43.4 Å². The summed E-state index contributed by atoms with van der Waals surface area (Å²) in [6, 6.07) is 7.74. The minimum absolute atomic E-state index is 0.651. The first-order chi connectivity index (χ1) is 10.3. The molecule has 0 amide bonds. The summed E-state index contributed by atoms with van der Waals surface area (Å²) in [6.07, 6.45) is 6.84. The molecule has 0 aliphatic carbocycles. The van der Waals surface area contributed by atoms with Gasteiger partial charge >= 0.3 is 0 Å². The molecule has 0 bridgehead atoms. The zero-order chi connectivity index (χ0) is 14.5. The molecule has 0 aromatic carbocycles. The number of hydrogen-bond acceptors (Lipinski definition) is 4. The van der Waals surface area contributed by atoms with Gasteiger partial charge in [-0.15, -0.1) is 0 Å². The summed E-state index contributed by atoms with van der Waals surface area (Å²) in [5, 5.41) is 4.84. The molecule has 0 unspecified atom stereocenters. The maximum Gasteiger partial charge on any atom is 0.117 e. The van der Waals surface area contributed by atoms with Gasteiger partial charge in [0, 0.05) is 12.7 Å². The first-order valence-corrected chi connectivity index (χ1v) is 7.12. The quantitative estimate of drug-likeness (QED) is 0.671. The van der Waals surface area contributed by atoms with Crippen LogP contribution in [0, 0.1) is 0 Å². The van der Waals surface area contributed by atoms with Crippen LogP contribution in [-0.4, -0.2) is 21.2 Å². The van der Waals surface area contributed by atoms with E-state index in [-0.39, 0.29) is 0 Å². The summed E-state index contributed by atoms with van der Waals surface area (Å²) in [7, 11) is 0. The molecule has 0 saturated heterocycles. The van der Waals surface area contributed by atoms with Gasteiger partial charge in [0.15, 0.2) is 0 Å². The van der Waals surface area contributed by atoms with E-state index in [2.05, 4.69) is 10.00 Å². The maximum atomic E-state index is 5.88. The largest absolute Gasteiger partial charge is 0.468 e. The van der Waals surface area contributed by atoms with E-state index in [4.69, 9.17) is 20.4 Å². The highest BCUT2D eigenvalue weighted by Gasteiger charge is 2.11. The first kappa shape index (κ1) is 14.0. The van der Waals surface area contributed by atoms with Gasteiger partial charge in [-0.05, 0) is 24.3 Å². The number of rotatable bonds is 7. The molecular weight excluding hydrogens is 290 g/mol. The van der Waals surface area contributed by atoms with Crippen molar-refractivity contribution in [1.82, 2.24) is 14.7 Å². The molecule has 3 aromatic rings. The summed E-state index contributed by atoms with van der Waals surface area (Å²) in [6.45, 7) is 3.03. The lowest BCUT2D eigenvalue weighted by atomic mass is 10.3. The summed E-state index contributed by atoms with van der Waals surface area (Å²) < 4.78 is 12.7. The summed E-state index contributed by atoms with van der Waals surface area (Å²) in [5.74, 6) is 1.86. The normalized spacial score (nSPS) is 11.3. The van der Waals surface area contributed by atoms with Crippen LogP contribution in [0.1, 0.15) is 11.5 Å². The van der Waals surface area contributed by atoms with E-state index in [0.29, 0.717) is 5.02 Å². The van der Waals surface area contributed by atoms with Gasteiger partial charge in [0.2, 0.25) is 0 Å². The molecule has 3 aromatic heterocycles. The molecule has 0 spiro atoms. The molecule has 0 atom stereocenters. The van der Waals surface area contributed by atoms with Crippen molar-refractivity contribution in [3.05, 3.63) is 65.7 Å². The van der Waals surface area contributed by atoms with Gasteiger partial charge in [-0.25, -0.2) is 0 Å². The summed E-state index contributed by atoms with van der Waals surface area (Å²) in [4.78, 5) is 2.24. The Bertz CT molecular complexity index is 610. The lowest BCUT2D eigenvalue weighted by molar-refractivity contribution is 0.207. The molecule has 3 heterocycles. The second kappa shape index (κ2) is 6.65. The van der Waals surface area contributed by atoms with Crippen molar-refractivity contribution >= 4 is 11.6 Å². The molecule has 21 heavy (non-hydrogen) atoms. The lowest BCUT2D eigenvalue weighted by Crippen LogP contribution is -2.26. The third-order valence-electron chi connectivity index (χ3n) is 3.17. The summed E-state index contributed by atoms with van der Waals surface area (Å²) >= 11 is 5.88. The minimum atomic E-state index is 0.651. The average Bonchev–Trinajstić information content (AvgIpc) is 3.19. The highest BCUT2D eigenvalue weighted by Crippen LogP contribution is 2.12. The van der Waals surface area contributed by atoms with Crippen molar-refractivity contribution in [2.75, 3.05) is 6.54 Å². The third kappa shape index (κ3) is 4.00. The van der Waals surface area contributed by atoms with Crippen molar-refractivity contribution < 1.29 is 8.83 Å². The zero-order valence-corrected chi connectivity index (χ0v) is 12.2. The van der Waals surface area contributed by atoms with Crippen LogP contribution in [0.15, 0.2) is 58.0 Å². The van der Waals surface area contributed by atoms with Gasteiger partial charge < -0.3 is 8.83 Å². The molecule has 0 saturated carbocycles. The monoisotopic (exact) mass is 305 g/mol. The lowest BCUT2D eigenvalue weighted by Gasteiger charge is -2.20. The predicted molar refractivity (Wildman–Crippen MR) is 78.8 cm³/mol. The molecule has 110 valence electrons. The van der Waals surface area contributed by atoms with Crippen molar-refractivity contribution in [2.24, 2.45) is 0 Å². The molecule has 6 heteroatoms. The van der Waals surface area contributed by atoms with Crippen molar-refractivity contribution in [2.45, 2.75) is 19.6 Å². The second-order valence-corrected chi connectivity index (χ2v) is 5.23. The van der Waals surface area contributed by atoms with Crippen LogP contribution in [-0.2, 0) is 19.6 Å². The average molecular weight is 306 g/mol. The number of halogens is 1. The van der Waals surface area contributed by atoms with Crippen molar-refractivity contribution in [1.29, 1.82) is 0 Å². The highest BCUT2D eigenvalue weighted by atomic mass is 35.5. The Morgan fingerprint density at radius 1 is 1.10 bits per heavy atom. The molecular formula is C15H16ClN3O2. The van der Waals surface area contributed by atoms with Gasteiger partial charge in [-0.1, -0.05) is 11.6 Å². The van der Waals surface area contributed by atoms with E-state index in [1.54, 1.807) is 18.7 Å². The number of furan rings is 2. The molecule has 0 aliphatic heterocycles. The molecule has 0 fully saturated rings. The van der Waals surface area contributed by atoms with E-state index >= 15 is 0 Å². The van der Waals surface area contributed by atoms with Crippen LogP contribution in [0.4, 0.5) is 0 Å². The number of nitrogens with zero attached hydrogens (tertiary/aromatic N) is 3. The molecule has 3 rings (SSSR count). The van der Waals surface area contributed by atoms with E-state index in [0.717, 1.165) is 37.7 Å². The topological polar surface area (TPSA) is 47.3 Å². The van der Waals surface area contributed by atoms with Crippen LogP contribution in [0.25, 0.3) is 0 Å². The molecule has 0 N–H and O–H groups in total. The third-order valence-corrected chi connectivity index (χ3v) is 3.36. The van der Waals surface area contributed by atoms with Crippen molar-refractivity contribution in [3.8, 4) is 0 Å². The predicted octanol–water partition coefficient (Wildman–Crippen LogP) is 3.42. The van der Waals surface area contributed by atoms with E-state index < -0.39 is 0 Å². The Balaban J connectivity index is 1.63. The van der Waals surface area contributed by atoms with Crippen LogP contribution >= 0.6 is 11.6 Å². The fraction of sp³-hybridized carbons (Fsp3) is 0.267. The smallest absolute Gasteiger partial charge is 0.117 e. The number of hydrogen-bond donors (Lipinski definition) is 0. The van der Waals surface area contributed by atoms with Gasteiger partial charge in [-0.2, -0.15) is 5.10 Å². The number of aromatic nitrogens is 2. The highest BCUT2D eigenvalue weighted by molar-refractivity contribution is 6.30. The minimum Gasteiger partial charge on any atom is -0.468 e. The maximum absolute atomic E-state index is 5.88. The SMILES string of the molecule is Clc1cnn(CCN(Cc2ccco2)Cc2ccco2)c1. The van der Waals surface area contributed by atoms with E-state index in [9.17, 15) is 0 Å². The Hall–Kier alpha value is -1.98. The fourth-order valence-corrected chi connectivity index (χ4v) is 2.32. The fourth-order valence-electron chi connectivity index (χ4n) is 2.16. The Labute approximate surface area is 127 Å². The Kier molecular flexibility index (Phi) is 4.43. The Morgan fingerprint density at radius 3 is 2.24 bits per heavy atom. The standard InChI is InChI=1S/C15H16ClN3O2/c16-13-9-17-19(10-13)6-5-18(11-14-3-1-7-20-14)12-15-4-2-8-21-15/h1-4,7-10H,5-6,11-12H2. The van der Waals surface area contributed by atoms with Crippen LogP contribution in [0.5, 0.6) is 0 Å². The van der Waals surface area contributed by atoms with Gasteiger partial charge in [0.1, 0.15) is 11.5 Å². The zero-order valence-electron chi connectivity index (χ0n) is 11.5. The van der Waals surface area contributed by atoms with E-state index in [1.165, 1.54) is 0 Å². The molecule has 0 radical (unpaired) electrons. The molecule has 5 nitrogen and oxygen atoms in total. The molecule has 0 aliphatic rings. The van der Waals surface area contributed by atoms with Gasteiger partial charge in [0.25, 0.3) is 0 Å². The first-order valence-electron chi connectivity index (χ1n) is 6.75.